The number of rotatable bonds is 3. The Morgan fingerprint density at radius 1 is 1.67 bits per heavy atom. The third kappa shape index (κ3) is 2.99. The summed E-state index contributed by atoms with van der Waals surface area (Å²) in [4.78, 5) is 0. The van der Waals surface area contributed by atoms with Crippen molar-refractivity contribution in [2.75, 3.05) is 5.75 Å². The Labute approximate surface area is 70.6 Å². The molecule has 0 bridgehead atoms. The molecule has 0 amide bonds. The number of nitrogens with zero attached hydrogens (tertiary/aromatic N) is 1. The van der Waals surface area contributed by atoms with Crippen LogP contribution in [-0.2, 0) is 0 Å². The molecule has 52 valence electrons. The quantitative estimate of drug-likeness (QED) is 0.553. The molecule has 0 aromatic carbocycles. The molecule has 0 atom stereocenters. The molecule has 0 unspecified atom stereocenters. The second kappa shape index (κ2) is 4.68. The fraction of sp³-hybridized carbons (Fsp3) is 0.333. The predicted octanol–water partition coefficient (Wildman–Crippen LogP) is 2.28. The molecule has 2 nitrogen and oxygen atoms in total. The van der Waals surface area contributed by atoms with Gasteiger partial charge in [-0.15, -0.1) is 0 Å². The molecule has 0 aromatic heterocycles. The molecule has 1 aliphatic heterocycles. The summed E-state index contributed by atoms with van der Waals surface area (Å²) in [6.07, 6.45) is 4.18. The van der Waals surface area contributed by atoms with Gasteiger partial charge in [0.25, 0.3) is 0 Å². The topological polar surface area (TPSA) is 29.3 Å². The van der Waals surface area contributed by atoms with Crippen molar-refractivity contribution in [2.24, 2.45) is 5.14 Å². The molecule has 1 heterocycles. The molecule has 6 heteroatoms. The highest BCUT2D eigenvalue weighted by atomic mass is 33.5. The van der Waals surface area contributed by atoms with E-state index >= 15 is 0 Å². The Hall–Kier alpha value is 0.900. The van der Waals surface area contributed by atoms with Crippen LogP contribution in [0.2, 0.25) is 0 Å². The van der Waals surface area contributed by atoms with Crippen LogP contribution in [0, 0.1) is 0 Å². The molecule has 1 rings (SSSR count). The number of nitrogens with two attached hydrogens (primary N) is 1. The van der Waals surface area contributed by atoms with Gasteiger partial charge in [-0.25, -0.2) is 0 Å². The zero-order valence-electron chi connectivity index (χ0n) is 4.52. The van der Waals surface area contributed by atoms with E-state index in [1.807, 2.05) is 0 Å². The van der Waals surface area contributed by atoms with Gasteiger partial charge >= 0.3 is 0 Å². The second-order valence-electron chi connectivity index (χ2n) is 1.20. The van der Waals surface area contributed by atoms with Crippen LogP contribution < -0.4 is 5.14 Å². The Morgan fingerprint density at radius 3 is 3.11 bits per heavy atom. The van der Waals surface area contributed by atoms with E-state index in [0.29, 0.717) is 0 Å². The van der Waals surface area contributed by atoms with Crippen molar-refractivity contribution in [3.8, 4) is 0 Å². The van der Waals surface area contributed by atoms with Crippen molar-refractivity contribution in [3.63, 3.8) is 0 Å². The Morgan fingerprint density at radius 2 is 2.56 bits per heavy atom. The first kappa shape index (κ1) is 8.00. The molecule has 0 spiro atoms. The summed E-state index contributed by atoms with van der Waals surface area (Å²) in [7, 11) is 4.50. The van der Waals surface area contributed by atoms with E-state index in [1.54, 1.807) is 32.8 Å². The molecule has 0 aromatic rings. The van der Waals surface area contributed by atoms with E-state index in [4.69, 9.17) is 5.14 Å². The highest BCUT2D eigenvalue weighted by molar-refractivity contribution is 9.08. The fourth-order valence-corrected chi connectivity index (χ4v) is 3.81. The average molecular weight is 198 g/mol. The highest BCUT2D eigenvalue weighted by Gasteiger charge is 2.04. The van der Waals surface area contributed by atoms with Gasteiger partial charge in [0.15, 0.2) is 0 Å². The van der Waals surface area contributed by atoms with Gasteiger partial charge in [-0.3, -0.25) is 8.85 Å². The number of hydrogen-bond acceptors (Lipinski definition) is 6. The van der Waals surface area contributed by atoms with Gasteiger partial charge in [-0.1, -0.05) is 6.08 Å². The van der Waals surface area contributed by atoms with Crippen molar-refractivity contribution >= 4 is 43.7 Å². The van der Waals surface area contributed by atoms with E-state index in [1.165, 1.54) is 11.0 Å². The minimum atomic E-state index is 1.09. The Kier molecular flexibility index (Phi) is 4.16. The van der Waals surface area contributed by atoms with Crippen LogP contribution >= 0.6 is 43.7 Å². The first-order valence-corrected chi connectivity index (χ1v) is 6.67. The largest absolute Gasteiger partial charge is 0.268 e. The van der Waals surface area contributed by atoms with Gasteiger partial charge in [-0.05, 0) is 22.9 Å². The van der Waals surface area contributed by atoms with Crippen molar-refractivity contribution in [2.45, 2.75) is 0 Å². The van der Waals surface area contributed by atoms with Gasteiger partial charge in [0, 0.05) is 32.8 Å². The summed E-state index contributed by atoms with van der Waals surface area (Å²) >= 11 is 1.78. The van der Waals surface area contributed by atoms with Crippen LogP contribution in [0.1, 0.15) is 0 Å². The van der Waals surface area contributed by atoms with Crippen LogP contribution in [-0.4, -0.2) is 9.46 Å². The maximum Gasteiger partial charge on any atom is 0.0453 e. The minimum absolute atomic E-state index is 1.09. The molecule has 9 heavy (non-hydrogen) atoms. The molecule has 2 N–H and O–H groups in total. The monoisotopic (exact) mass is 198 g/mol. The van der Waals surface area contributed by atoms with Crippen molar-refractivity contribution in [3.05, 3.63) is 12.3 Å². The van der Waals surface area contributed by atoms with Gasteiger partial charge in [0.2, 0.25) is 0 Å². The Bertz CT molecular complexity index is 106. The lowest BCUT2D eigenvalue weighted by Gasteiger charge is -2.07. The summed E-state index contributed by atoms with van der Waals surface area (Å²) in [5.41, 5.74) is 0. The second-order valence-corrected chi connectivity index (χ2v) is 5.95. The summed E-state index contributed by atoms with van der Waals surface area (Å²) in [5.74, 6) is 1.09. The SMILES string of the molecule is NSSSN1C=CCS1. The molecule has 0 aliphatic carbocycles. The summed E-state index contributed by atoms with van der Waals surface area (Å²) in [6, 6.07) is 0. The van der Waals surface area contributed by atoms with Crippen LogP contribution in [0.5, 0.6) is 0 Å². The lowest BCUT2D eigenvalue weighted by molar-refractivity contribution is 1.08. The zero-order chi connectivity index (χ0) is 6.53. The van der Waals surface area contributed by atoms with Crippen molar-refractivity contribution in [1.29, 1.82) is 0 Å². The standard InChI is InChI=1S/C3H6N2S4/c4-7-9-8-5-2-1-3-6-5/h1-2H,3-4H2. The zero-order valence-corrected chi connectivity index (χ0v) is 7.79. The van der Waals surface area contributed by atoms with Crippen LogP contribution in [0.25, 0.3) is 0 Å². The number of hydrogen-bond donors (Lipinski definition) is 1. The molecular formula is C3H6N2S4. The average Bonchev–Trinajstić information content (AvgIpc) is 2.34. The molecular weight excluding hydrogens is 192 g/mol. The summed E-state index contributed by atoms with van der Waals surface area (Å²) in [6.45, 7) is 0. The third-order valence-corrected chi connectivity index (χ3v) is 4.77. The normalized spacial score (nSPS) is 17.2. The van der Waals surface area contributed by atoms with E-state index in [0.717, 1.165) is 5.75 Å². The van der Waals surface area contributed by atoms with Crippen molar-refractivity contribution < 1.29 is 0 Å². The molecule has 0 saturated carbocycles. The molecule has 0 radical (unpaired) electrons. The Balaban J connectivity index is 2.05. The lowest BCUT2D eigenvalue weighted by atomic mass is 10.7. The van der Waals surface area contributed by atoms with Crippen LogP contribution in [0.4, 0.5) is 0 Å². The first-order valence-electron chi connectivity index (χ1n) is 2.22. The third-order valence-electron chi connectivity index (χ3n) is 0.668. The van der Waals surface area contributed by atoms with E-state index in [2.05, 4.69) is 16.0 Å². The maximum atomic E-state index is 5.21. The van der Waals surface area contributed by atoms with Gasteiger partial charge in [0.1, 0.15) is 0 Å². The maximum absolute atomic E-state index is 5.21. The van der Waals surface area contributed by atoms with Crippen molar-refractivity contribution in [1.82, 2.24) is 3.71 Å². The predicted molar refractivity (Wildman–Crippen MR) is 50.4 cm³/mol. The smallest absolute Gasteiger partial charge is 0.0453 e. The molecule has 1 aliphatic rings. The molecule has 0 fully saturated rings. The van der Waals surface area contributed by atoms with E-state index < -0.39 is 0 Å². The van der Waals surface area contributed by atoms with Crippen LogP contribution in [0.15, 0.2) is 12.3 Å². The minimum Gasteiger partial charge on any atom is -0.268 e. The van der Waals surface area contributed by atoms with E-state index in [-0.39, 0.29) is 0 Å². The van der Waals surface area contributed by atoms with Gasteiger partial charge in [0.05, 0.1) is 0 Å². The van der Waals surface area contributed by atoms with Crippen LogP contribution in [0.3, 0.4) is 0 Å². The lowest BCUT2D eigenvalue weighted by Crippen LogP contribution is -1.86. The fourth-order valence-electron chi connectivity index (χ4n) is 0.383. The highest BCUT2D eigenvalue weighted by Crippen LogP contribution is 2.39. The van der Waals surface area contributed by atoms with E-state index in [9.17, 15) is 0 Å². The van der Waals surface area contributed by atoms with Gasteiger partial charge < -0.3 is 0 Å². The molecule has 0 saturated heterocycles. The first-order chi connectivity index (χ1) is 4.43. The summed E-state index contributed by atoms with van der Waals surface area (Å²) < 4.78 is 2.09. The summed E-state index contributed by atoms with van der Waals surface area (Å²) in [5, 5.41) is 5.21. The van der Waals surface area contributed by atoms with Gasteiger partial charge in [-0.2, -0.15) is 0 Å².